The summed E-state index contributed by atoms with van der Waals surface area (Å²) in [6.07, 6.45) is -1.65. The maximum Gasteiger partial charge on any atom is 0.273 e. The highest BCUT2D eigenvalue weighted by molar-refractivity contribution is 4.97. The summed E-state index contributed by atoms with van der Waals surface area (Å²) in [6.45, 7) is 1.40. The van der Waals surface area contributed by atoms with Crippen LogP contribution in [0.3, 0.4) is 0 Å². The van der Waals surface area contributed by atoms with Gasteiger partial charge in [0.2, 0.25) is 0 Å². The fraction of sp³-hybridized carbons (Fsp3) is 0.600. The molecule has 4 nitrogen and oxygen atoms in total. The largest absolute Gasteiger partial charge is 0.481 e. The summed E-state index contributed by atoms with van der Waals surface area (Å²) in [5.41, 5.74) is 0.157. The van der Waals surface area contributed by atoms with Crippen LogP contribution in [0.4, 0.5) is 0 Å². The number of rotatable bonds is 2. The van der Waals surface area contributed by atoms with E-state index in [4.69, 9.17) is 20.4 Å². The molecular weight excluding hydrogens is 124 g/mol. The molecule has 0 amide bonds. The van der Waals surface area contributed by atoms with E-state index in [1.807, 2.05) is 0 Å². The van der Waals surface area contributed by atoms with Gasteiger partial charge in [0.15, 0.2) is 6.29 Å². The van der Waals surface area contributed by atoms with Crippen molar-refractivity contribution in [3.63, 3.8) is 0 Å². The third kappa shape index (κ3) is 3.81. The Labute approximate surface area is 52.7 Å². The van der Waals surface area contributed by atoms with Gasteiger partial charge in [-0.2, -0.15) is 0 Å². The van der Waals surface area contributed by atoms with Gasteiger partial charge in [0.25, 0.3) is 5.95 Å². The second-order valence-corrected chi connectivity index (χ2v) is 1.79. The fourth-order valence-corrected chi connectivity index (χ4v) is 0.365. The van der Waals surface area contributed by atoms with E-state index in [1.165, 1.54) is 6.92 Å². The number of hydrogen-bond acceptors (Lipinski definition) is 4. The Morgan fingerprint density at radius 2 is 1.78 bits per heavy atom. The van der Waals surface area contributed by atoms with Crippen molar-refractivity contribution in [1.29, 1.82) is 0 Å². The molecule has 0 aromatic rings. The molecule has 0 radical (unpaired) electrons. The van der Waals surface area contributed by atoms with Crippen LogP contribution in [0, 0.1) is 0 Å². The molecule has 0 unspecified atom stereocenters. The first-order valence-corrected chi connectivity index (χ1v) is 2.48. The average molecular weight is 134 g/mol. The first-order chi connectivity index (χ1) is 4.04. The van der Waals surface area contributed by atoms with Gasteiger partial charge in [-0.3, -0.25) is 0 Å². The maximum absolute atomic E-state index is 8.28. The topological polar surface area (TPSA) is 80.9 Å². The Morgan fingerprint density at radius 3 is 1.89 bits per heavy atom. The minimum Gasteiger partial charge on any atom is -0.481 e. The Morgan fingerprint density at radius 1 is 1.33 bits per heavy atom. The average Bonchev–Trinajstić information content (AvgIpc) is 1.63. The van der Waals surface area contributed by atoms with Gasteiger partial charge >= 0.3 is 0 Å². The van der Waals surface area contributed by atoms with Crippen LogP contribution >= 0.6 is 0 Å². The van der Waals surface area contributed by atoms with E-state index in [9.17, 15) is 0 Å². The zero-order chi connectivity index (χ0) is 7.44. The van der Waals surface area contributed by atoms with Crippen molar-refractivity contribution in [2.45, 2.75) is 19.6 Å². The fourth-order valence-electron chi connectivity index (χ4n) is 0.365. The predicted octanol–water partition coefficient (Wildman–Crippen LogP) is 0.0347. The number of hydrogen-bond donors (Lipinski definition) is 4. The van der Waals surface area contributed by atoms with E-state index in [0.717, 1.165) is 0 Å². The van der Waals surface area contributed by atoms with Crippen molar-refractivity contribution >= 4 is 0 Å². The lowest BCUT2D eigenvalue weighted by Gasteiger charge is -2.01. The smallest absolute Gasteiger partial charge is 0.273 e. The minimum absolute atomic E-state index is 0.137. The highest BCUT2D eigenvalue weighted by atomic mass is 16.5. The third-order valence-electron chi connectivity index (χ3n) is 0.870. The molecule has 9 heavy (non-hydrogen) atoms. The van der Waals surface area contributed by atoms with Crippen LogP contribution in [0.5, 0.6) is 0 Å². The van der Waals surface area contributed by atoms with E-state index < -0.39 is 12.2 Å². The normalized spacial score (nSPS) is 9.78. The molecule has 4 N–H and O–H groups in total. The molecule has 0 aliphatic heterocycles. The molecule has 54 valence electrons. The lowest BCUT2D eigenvalue weighted by molar-refractivity contribution is -0.0397. The summed E-state index contributed by atoms with van der Waals surface area (Å²) < 4.78 is 0. The van der Waals surface area contributed by atoms with Gasteiger partial charge in [-0.05, 0) is 6.92 Å². The Hall–Kier alpha value is -0.740. The van der Waals surface area contributed by atoms with Crippen LogP contribution in [0.15, 0.2) is 11.5 Å². The summed E-state index contributed by atoms with van der Waals surface area (Å²) in [4.78, 5) is 0. The Bertz CT molecular complexity index is 112. The monoisotopic (exact) mass is 134 g/mol. The van der Waals surface area contributed by atoms with Gasteiger partial charge in [0.05, 0.1) is 0 Å². The van der Waals surface area contributed by atoms with Crippen molar-refractivity contribution in [1.82, 2.24) is 0 Å². The molecule has 0 aromatic carbocycles. The molecule has 0 saturated heterocycles. The van der Waals surface area contributed by atoms with Crippen LogP contribution in [0.1, 0.15) is 13.3 Å². The SMILES string of the molecule is CC(CC(O)O)=C(O)O. The molecule has 0 spiro atoms. The lowest BCUT2D eigenvalue weighted by atomic mass is 10.2. The van der Waals surface area contributed by atoms with Crippen molar-refractivity contribution in [3.05, 3.63) is 11.5 Å². The summed E-state index contributed by atoms with van der Waals surface area (Å²) in [5, 5.41) is 33.1. The first-order valence-electron chi connectivity index (χ1n) is 2.48. The van der Waals surface area contributed by atoms with Crippen LogP contribution in [0.25, 0.3) is 0 Å². The van der Waals surface area contributed by atoms with E-state index in [2.05, 4.69) is 0 Å². The summed E-state index contributed by atoms with van der Waals surface area (Å²) in [7, 11) is 0. The lowest BCUT2D eigenvalue weighted by Crippen LogP contribution is -2.05. The summed E-state index contributed by atoms with van der Waals surface area (Å²) in [6, 6.07) is 0. The Balaban J connectivity index is 3.77. The number of aliphatic hydroxyl groups excluding tert-OH is 2. The van der Waals surface area contributed by atoms with E-state index >= 15 is 0 Å². The molecule has 0 heterocycles. The third-order valence-corrected chi connectivity index (χ3v) is 0.870. The first kappa shape index (κ1) is 8.26. The van der Waals surface area contributed by atoms with Gasteiger partial charge in [-0.25, -0.2) is 0 Å². The van der Waals surface area contributed by atoms with Crippen LogP contribution in [-0.2, 0) is 0 Å². The standard InChI is InChI=1S/C5H10O4/c1-3(5(8)9)2-4(6)7/h4,6-9H,2H2,1H3. The second-order valence-electron chi connectivity index (χ2n) is 1.79. The molecule has 0 saturated carbocycles. The van der Waals surface area contributed by atoms with E-state index in [-0.39, 0.29) is 12.0 Å². The van der Waals surface area contributed by atoms with Crippen LogP contribution in [0.2, 0.25) is 0 Å². The minimum atomic E-state index is -1.51. The maximum atomic E-state index is 8.28. The van der Waals surface area contributed by atoms with Crippen LogP contribution < -0.4 is 0 Å². The molecule has 0 bridgehead atoms. The highest BCUT2D eigenvalue weighted by Gasteiger charge is 2.02. The van der Waals surface area contributed by atoms with E-state index in [0.29, 0.717) is 0 Å². The highest BCUT2D eigenvalue weighted by Crippen LogP contribution is 2.04. The molecule has 0 atom stereocenters. The molecule has 0 aromatic heterocycles. The zero-order valence-electron chi connectivity index (χ0n) is 5.07. The van der Waals surface area contributed by atoms with E-state index in [1.54, 1.807) is 0 Å². The molecule has 0 aliphatic rings. The van der Waals surface area contributed by atoms with Crippen LogP contribution in [-0.4, -0.2) is 26.7 Å². The summed E-state index contributed by atoms with van der Waals surface area (Å²) in [5.74, 6) is -0.844. The quantitative estimate of drug-likeness (QED) is 0.317. The van der Waals surface area contributed by atoms with Gasteiger partial charge in [0, 0.05) is 12.0 Å². The second kappa shape index (κ2) is 3.32. The van der Waals surface area contributed by atoms with Crippen molar-refractivity contribution < 1.29 is 20.4 Å². The van der Waals surface area contributed by atoms with Crippen molar-refractivity contribution in [3.8, 4) is 0 Å². The molecule has 0 aliphatic carbocycles. The Kier molecular flexibility index (Phi) is 3.05. The van der Waals surface area contributed by atoms with Gasteiger partial charge < -0.3 is 20.4 Å². The molecule has 4 heteroatoms. The molecular formula is C5H10O4. The number of aliphatic hydroxyl groups is 4. The molecule has 0 rings (SSSR count). The molecule has 0 fully saturated rings. The van der Waals surface area contributed by atoms with Gasteiger partial charge in [-0.1, -0.05) is 0 Å². The zero-order valence-corrected chi connectivity index (χ0v) is 5.07. The van der Waals surface area contributed by atoms with Gasteiger partial charge in [-0.15, -0.1) is 0 Å². The van der Waals surface area contributed by atoms with Gasteiger partial charge in [0.1, 0.15) is 0 Å². The van der Waals surface area contributed by atoms with Crippen molar-refractivity contribution in [2.24, 2.45) is 0 Å². The predicted molar refractivity (Wildman–Crippen MR) is 30.8 cm³/mol. The summed E-state index contributed by atoms with van der Waals surface area (Å²) >= 11 is 0. The van der Waals surface area contributed by atoms with Crippen molar-refractivity contribution in [2.75, 3.05) is 0 Å².